The third kappa shape index (κ3) is 3.01. The lowest BCUT2D eigenvalue weighted by molar-refractivity contribution is -0.0471. The molecule has 0 aromatic rings. The molecule has 0 heteroatoms. The SMILES string of the molecule is CC.CC/C=C1\CC[C@H]2[C@@H]3CC[C@@H]4CC(C)CC[C@@H]4[C@H]3CC[C@]12C. The minimum Gasteiger partial charge on any atom is -0.0850 e. The van der Waals surface area contributed by atoms with Gasteiger partial charge in [0, 0.05) is 0 Å². The first kappa shape index (κ1) is 18.5. The number of hydrogen-bond acceptors (Lipinski definition) is 0. The third-order valence-corrected chi connectivity index (χ3v) is 8.52. The van der Waals surface area contributed by atoms with Crippen LogP contribution in [0, 0.1) is 40.9 Å². The lowest BCUT2D eigenvalue weighted by Crippen LogP contribution is -2.47. The normalized spacial score (nSPS) is 48.8. The molecule has 0 spiro atoms. The van der Waals surface area contributed by atoms with E-state index in [2.05, 4.69) is 26.8 Å². The van der Waals surface area contributed by atoms with Crippen LogP contribution in [0.1, 0.15) is 98.8 Å². The maximum absolute atomic E-state index is 2.64. The molecule has 4 saturated carbocycles. The third-order valence-electron chi connectivity index (χ3n) is 8.52. The van der Waals surface area contributed by atoms with E-state index in [0.29, 0.717) is 5.41 Å². The zero-order valence-corrected chi connectivity index (χ0v) is 17.1. The van der Waals surface area contributed by atoms with E-state index >= 15 is 0 Å². The molecular weight excluding hydrogens is 288 g/mol. The van der Waals surface area contributed by atoms with Gasteiger partial charge in [0.25, 0.3) is 0 Å². The largest absolute Gasteiger partial charge is 0.0850 e. The number of hydrogen-bond donors (Lipinski definition) is 0. The first-order chi connectivity index (χ1) is 11.6. The Morgan fingerprint density at radius 3 is 2.46 bits per heavy atom. The highest BCUT2D eigenvalue weighted by Crippen LogP contribution is 2.64. The highest BCUT2D eigenvalue weighted by Gasteiger charge is 2.54. The minimum atomic E-state index is 0.589. The quantitative estimate of drug-likeness (QED) is 0.433. The van der Waals surface area contributed by atoms with Crippen molar-refractivity contribution in [1.82, 2.24) is 0 Å². The molecule has 0 aliphatic heterocycles. The van der Waals surface area contributed by atoms with Gasteiger partial charge in [0.05, 0.1) is 0 Å². The van der Waals surface area contributed by atoms with Gasteiger partial charge in [0.2, 0.25) is 0 Å². The molecule has 0 bridgehead atoms. The Kier molecular flexibility index (Phi) is 5.83. The summed E-state index contributed by atoms with van der Waals surface area (Å²) in [5.41, 5.74) is 2.43. The average molecular weight is 331 g/mol. The van der Waals surface area contributed by atoms with E-state index < -0.39 is 0 Å². The average Bonchev–Trinajstić information content (AvgIpc) is 2.93. The van der Waals surface area contributed by atoms with E-state index in [4.69, 9.17) is 0 Å². The summed E-state index contributed by atoms with van der Waals surface area (Å²) in [6, 6.07) is 0. The minimum absolute atomic E-state index is 0.589. The molecule has 1 unspecified atom stereocenters. The second-order valence-corrected chi connectivity index (χ2v) is 9.49. The first-order valence-electron chi connectivity index (χ1n) is 11.3. The fourth-order valence-electron chi connectivity index (χ4n) is 7.52. The van der Waals surface area contributed by atoms with Gasteiger partial charge < -0.3 is 0 Å². The molecule has 0 aromatic heterocycles. The topological polar surface area (TPSA) is 0 Å². The molecule has 0 saturated heterocycles. The summed E-state index contributed by atoms with van der Waals surface area (Å²) in [5, 5.41) is 0. The van der Waals surface area contributed by atoms with Crippen molar-refractivity contribution in [2.45, 2.75) is 98.8 Å². The highest BCUT2D eigenvalue weighted by molar-refractivity contribution is 5.23. The molecular formula is C24H42. The number of fused-ring (bicyclic) bond motifs is 5. The van der Waals surface area contributed by atoms with Crippen LogP contribution in [0.3, 0.4) is 0 Å². The molecule has 4 rings (SSSR count). The van der Waals surface area contributed by atoms with E-state index in [1.807, 2.05) is 19.4 Å². The predicted molar refractivity (Wildman–Crippen MR) is 106 cm³/mol. The van der Waals surface area contributed by atoms with Crippen LogP contribution in [0.25, 0.3) is 0 Å². The van der Waals surface area contributed by atoms with Gasteiger partial charge in [-0.15, -0.1) is 0 Å². The van der Waals surface area contributed by atoms with Crippen LogP contribution in [-0.2, 0) is 0 Å². The van der Waals surface area contributed by atoms with E-state index in [1.54, 1.807) is 32.1 Å². The Bertz CT molecular complexity index is 447. The number of allylic oxidation sites excluding steroid dienone is 2. The fraction of sp³-hybridized carbons (Fsp3) is 0.917. The van der Waals surface area contributed by atoms with Gasteiger partial charge in [-0.3, -0.25) is 0 Å². The monoisotopic (exact) mass is 330 g/mol. The van der Waals surface area contributed by atoms with Crippen molar-refractivity contribution in [1.29, 1.82) is 0 Å². The summed E-state index contributed by atoms with van der Waals surface area (Å²) in [7, 11) is 0. The molecule has 4 aliphatic rings. The summed E-state index contributed by atoms with van der Waals surface area (Å²) in [6.07, 6.45) is 17.6. The molecule has 0 aromatic carbocycles. The highest BCUT2D eigenvalue weighted by atomic mass is 14.6. The number of rotatable bonds is 1. The second kappa shape index (κ2) is 7.55. The van der Waals surface area contributed by atoms with Crippen molar-refractivity contribution in [3.05, 3.63) is 11.6 Å². The Morgan fingerprint density at radius 1 is 0.958 bits per heavy atom. The Labute approximate surface area is 151 Å². The molecule has 0 heterocycles. The van der Waals surface area contributed by atoms with Gasteiger partial charge in [0.15, 0.2) is 0 Å². The Hall–Kier alpha value is -0.260. The van der Waals surface area contributed by atoms with Crippen LogP contribution < -0.4 is 0 Å². The van der Waals surface area contributed by atoms with Crippen molar-refractivity contribution in [2.75, 3.05) is 0 Å². The summed E-state index contributed by atoms with van der Waals surface area (Å²) in [4.78, 5) is 0. The summed E-state index contributed by atoms with van der Waals surface area (Å²) in [6.45, 7) is 11.5. The van der Waals surface area contributed by atoms with Crippen molar-refractivity contribution < 1.29 is 0 Å². The van der Waals surface area contributed by atoms with Gasteiger partial charge in [-0.05, 0) is 98.7 Å². The van der Waals surface area contributed by atoms with E-state index in [1.165, 1.54) is 32.1 Å². The van der Waals surface area contributed by atoms with Crippen LogP contribution in [0.2, 0.25) is 0 Å². The van der Waals surface area contributed by atoms with Crippen LogP contribution in [0.5, 0.6) is 0 Å². The van der Waals surface area contributed by atoms with E-state index in [9.17, 15) is 0 Å². The molecule has 4 aliphatic carbocycles. The van der Waals surface area contributed by atoms with Crippen LogP contribution >= 0.6 is 0 Å². The van der Waals surface area contributed by atoms with Crippen molar-refractivity contribution in [3.63, 3.8) is 0 Å². The molecule has 24 heavy (non-hydrogen) atoms. The molecule has 7 atom stereocenters. The molecule has 0 N–H and O–H groups in total. The van der Waals surface area contributed by atoms with Gasteiger partial charge in [-0.2, -0.15) is 0 Å². The Morgan fingerprint density at radius 2 is 1.71 bits per heavy atom. The molecule has 0 nitrogen and oxygen atoms in total. The van der Waals surface area contributed by atoms with E-state index in [-0.39, 0.29) is 0 Å². The molecule has 0 radical (unpaired) electrons. The van der Waals surface area contributed by atoms with Gasteiger partial charge >= 0.3 is 0 Å². The lowest BCUT2D eigenvalue weighted by atomic mass is 9.50. The second-order valence-electron chi connectivity index (χ2n) is 9.49. The van der Waals surface area contributed by atoms with Gasteiger partial charge in [-0.1, -0.05) is 52.7 Å². The fourth-order valence-corrected chi connectivity index (χ4v) is 7.52. The zero-order valence-electron chi connectivity index (χ0n) is 17.1. The summed E-state index contributed by atoms with van der Waals surface area (Å²) >= 11 is 0. The van der Waals surface area contributed by atoms with Crippen molar-refractivity contribution in [2.24, 2.45) is 40.9 Å². The molecule has 0 amide bonds. The smallest absolute Gasteiger partial charge is 0.00852 e. The van der Waals surface area contributed by atoms with Crippen molar-refractivity contribution >= 4 is 0 Å². The van der Waals surface area contributed by atoms with Crippen LogP contribution in [0.15, 0.2) is 11.6 Å². The van der Waals surface area contributed by atoms with Crippen molar-refractivity contribution in [3.8, 4) is 0 Å². The standard InChI is InChI=1S/C22H36.C2H6/c1-4-5-17-8-11-21-20-10-7-16-14-15(2)6-9-18(16)19(20)12-13-22(17,21)3;1-2/h5,15-16,18-21H,4,6-14H2,1-3H3;1-2H3/b17-5+;/t15?,16-,18+,19-,20-,21+,22-;/m1./s1. The maximum atomic E-state index is 2.64. The molecule has 4 fully saturated rings. The lowest BCUT2D eigenvalue weighted by Gasteiger charge is -2.55. The first-order valence-corrected chi connectivity index (χ1v) is 11.3. The van der Waals surface area contributed by atoms with Gasteiger partial charge in [0.1, 0.15) is 0 Å². The summed E-state index contributed by atoms with van der Waals surface area (Å²) < 4.78 is 0. The van der Waals surface area contributed by atoms with Crippen LogP contribution in [0.4, 0.5) is 0 Å². The van der Waals surface area contributed by atoms with Crippen LogP contribution in [-0.4, -0.2) is 0 Å². The maximum Gasteiger partial charge on any atom is -0.00852 e. The van der Waals surface area contributed by atoms with E-state index in [0.717, 1.165) is 35.5 Å². The zero-order chi connectivity index (χ0) is 17.3. The predicted octanol–water partition coefficient (Wildman–Crippen LogP) is 7.64. The van der Waals surface area contributed by atoms with Gasteiger partial charge in [-0.25, -0.2) is 0 Å². The summed E-state index contributed by atoms with van der Waals surface area (Å²) in [5.74, 6) is 6.43. The molecule has 138 valence electrons. The Balaban J connectivity index is 0.000000815.